The molecule has 106 valence electrons. The Balaban J connectivity index is 2.20. The van der Waals surface area contributed by atoms with Gasteiger partial charge in [-0.05, 0) is 42.5 Å². The fourth-order valence-electron chi connectivity index (χ4n) is 2.31. The average molecular weight is 337 g/mol. The van der Waals surface area contributed by atoms with Gasteiger partial charge in [-0.25, -0.2) is 4.39 Å². The number of alkyl halides is 1. The van der Waals surface area contributed by atoms with Crippen LogP contribution in [0.2, 0.25) is 0 Å². The molecule has 0 N–H and O–H groups in total. The fraction of sp³-hybridized carbons (Fsp3) is 0.294. The van der Waals surface area contributed by atoms with Crippen molar-refractivity contribution in [2.45, 2.75) is 19.3 Å². The van der Waals surface area contributed by atoms with E-state index in [1.54, 1.807) is 12.1 Å². The van der Waals surface area contributed by atoms with E-state index in [4.69, 9.17) is 4.74 Å². The second-order valence-corrected chi connectivity index (χ2v) is 5.59. The zero-order valence-electron chi connectivity index (χ0n) is 11.7. The zero-order valence-corrected chi connectivity index (χ0v) is 13.3. The maximum atomic E-state index is 13.7. The molecular weight excluding hydrogens is 319 g/mol. The molecule has 2 rings (SSSR count). The molecule has 0 aliphatic heterocycles. The summed E-state index contributed by atoms with van der Waals surface area (Å²) in [4.78, 5) is 0. The van der Waals surface area contributed by atoms with Gasteiger partial charge in [0.1, 0.15) is 0 Å². The van der Waals surface area contributed by atoms with Crippen molar-refractivity contribution in [3.8, 4) is 5.75 Å². The first kappa shape index (κ1) is 15.0. The number of ether oxygens (including phenoxy) is 1. The van der Waals surface area contributed by atoms with Crippen LogP contribution in [0.25, 0.3) is 0 Å². The van der Waals surface area contributed by atoms with Crippen LogP contribution in [0, 0.1) is 12.7 Å². The number of hydrogen-bond acceptors (Lipinski definition) is 1. The highest BCUT2D eigenvalue weighted by atomic mass is 79.9. The number of hydrogen-bond donors (Lipinski definition) is 0. The second-order valence-electron chi connectivity index (χ2n) is 4.94. The highest BCUT2D eigenvalue weighted by Gasteiger charge is 2.13. The summed E-state index contributed by atoms with van der Waals surface area (Å²) in [6, 6.07) is 13.6. The summed E-state index contributed by atoms with van der Waals surface area (Å²) in [5, 5.41) is 0.851. The van der Waals surface area contributed by atoms with E-state index in [9.17, 15) is 4.39 Å². The lowest BCUT2D eigenvalue weighted by molar-refractivity contribution is 0.386. The van der Waals surface area contributed by atoms with Gasteiger partial charge in [0.15, 0.2) is 11.6 Å². The van der Waals surface area contributed by atoms with E-state index in [0.29, 0.717) is 11.7 Å². The lowest BCUT2D eigenvalue weighted by atomic mass is 9.92. The zero-order chi connectivity index (χ0) is 14.5. The van der Waals surface area contributed by atoms with E-state index in [-0.39, 0.29) is 5.82 Å². The van der Waals surface area contributed by atoms with Crippen molar-refractivity contribution in [3.63, 3.8) is 0 Å². The van der Waals surface area contributed by atoms with Gasteiger partial charge in [0, 0.05) is 5.33 Å². The van der Waals surface area contributed by atoms with Crippen LogP contribution in [-0.4, -0.2) is 12.4 Å². The Labute approximate surface area is 127 Å². The Morgan fingerprint density at radius 2 is 2.00 bits per heavy atom. The van der Waals surface area contributed by atoms with Crippen LogP contribution in [0.3, 0.4) is 0 Å². The van der Waals surface area contributed by atoms with Gasteiger partial charge in [-0.1, -0.05) is 51.8 Å². The first-order valence-electron chi connectivity index (χ1n) is 6.59. The van der Waals surface area contributed by atoms with Crippen molar-refractivity contribution < 1.29 is 9.13 Å². The molecule has 2 aromatic rings. The third kappa shape index (κ3) is 3.60. The van der Waals surface area contributed by atoms with Gasteiger partial charge in [-0.2, -0.15) is 0 Å². The minimum Gasteiger partial charge on any atom is -0.494 e. The second kappa shape index (κ2) is 6.89. The van der Waals surface area contributed by atoms with Gasteiger partial charge in [-0.3, -0.25) is 0 Å². The number of benzene rings is 2. The number of rotatable bonds is 5. The van der Waals surface area contributed by atoms with Gasteiger partial charge in [-0.15, -0.1) is 0 Å². The first-order chi connectivity index (χ1) is 9.63. The lowest BCUT2D eigenvalue weighted by Gasteiger charge is -2.16. The lowest BCUT2D eigenvalue weighted by Crippen LogP contribution is -2.05. The maximum absolute atomic E-state index is 13.7. The molecule has 0 spiro atoms. The van der Waals surface area contributed by atoms with Crippen molar-refractivity contribution in [3.05, 3.63) is 65.0 Å². The number of aryl methyl sites for hydroxylation is 1. The smallest absolute Gasteiger partial charge is 0.165 e. The first-order valence-corrected chi connectivity index (χ1v) is 7.71. The van der Waals surface area contributed by atoms with Gasteiger partial charge in [0.05, 0.1) is 7.11 Å². The largest absolute Gasteiger partial charge is 0.494 e. The summed E-state index contributed by atoms with van der Waals surface area (Å²) in [5.41, 5.74) is 3.50. The van der Waals surface area contributed by atoms with E-state index < -0.39 is 0 Å². The van der Waals surface area contributed by atoms with Crippen molar-refractivity contribution in [2.75, 3.05) is 12.4 Å². The number of methoxy groups -OCH3 is 1. The van der Waals surface area contributed by atoms with Gasteiger partial charge in [0.2, 0.25) is 0 Å². The SMILES string of the molecule is COc1ccc(CC(CBr)c2cccc(C)c2)cc1F. The van der Waals surface area contributed by atoms with Crippen molar-refractivity contribution >= 4 is 15.9 Å². The Bertz CT molecular complexity index is 583. The van der Waals surface area contributed by atoms with Crippen LogP contribution in [-0.2, 0) is 6.42 Å². The average Bonchev–Trinajstić information content (AvgIpc) is 2.45. The highest BCUT2D eigenvalue weighted by molar-refractivity contribution is 9.09. The summed E-state index contributed by atoms with van der Waals surface area (Å²) < 4.78 is 18.7. The molecule has 0 aliphatic carbocycles. The van der Waals surface area contributed by atoms with Crippen molar-refractivity contribution in [1.29, 1.82) is 0 Å². The minimum atomic E-state index is -0.303. The molecule has 1 atom stereocenters. The minimum absolute atomic E-state index is 0.291. The molecule has 0 saturated carbocycles. The van der Waals surface area contributed by atoms with Crippen LogP contribution in [0.5, 0.6) is 5.75 Å². The molecule has 0 aliphatic rings. The fourth-order valence-corrected chi connectivity index (χ4v) is 2.91. The van der Waals surface area contributed by atoms with Crippen LogP contribution in [0.1, 0.15) is 22.6 Å². The van der Waals surface area contributed by atoms with E-state index in [1.165, 1.54) is 18.2 Å². The summed E-state index contributed by atoms with van der Waals surface area (Å²) in [5.74, 6) is 0.324. The third-order valence-electron chi connectivity index (χ3n) is 3.40. The molecule has 0 aromatic heterocycles. The van der Waals surface area contributed by atoms with Gasteiger partial charge in [0.25, 0.3) is 0 Å². The van der Waals surface area contributed by atoms with Crippen LogP contribution < -0.4 is 4.74 Å². The highest BCUT2D eigenvalue weighted by Crippen LogP contribution is 2.26. The predicted molar refractivity (Wildman–Crippen MR) is 84.4 cm³/mol. The Morgan fingerprint density at radius 3 is 2.60 bits per heavy atom. The Morgan fingerprint density at radius 1 is 1.20 bits per heavy atom. The van der Waals surface area contributed by atoms with E-state index in [1.807, 2.05) is 6.07 Å². The molecule has 2 aromatic carbocycles. The molecule has 0 fully saturated rings. The molecule has 20 heavy (non-hydrogen) atoms. The molecule has 0 bridgehead atoms. The van der Waals surface area contributed by atoms with E-state index >= 15 is 0 Å². The monoisotopic (exact) mass is 336 g/mol. The summed E-state index contributed by atoms with van der Waals surface area (Å²) in [6.45, 7) is 2.09. The Hall–Kier alpha value is -1.35. The van der Waals surface area contributed by atoms with Crippen molar-refractivity contribution in [1.82, 2.24) is 0 Å². The van der Waals surface area contributed by atoms with Crippen LogP contribution in [0.4, 0.5) is 4.39 Å². The predicted octanol–water partition coefficient (Wildman–Crippen LogP) is 4.86. The van der Waals surface area contributed by atoms with E-state index in [0.717, 1.165) is 17.3 Å². The number of halogens is 2. The topological polar surface area (TPSA) is 9.23 Å². The van der Waals surface area contributed by atoms with Crippen LogP contribution >= 0.6 is 15.9 Å². The van der Waals surface area contributed by atoms with Gasteiger partial charge < -0.3 is 4.74 Å². The quantitative estimate of drug-likeness (QED) is 0.708. The molecule has 0 saturated heterocycles. The molecule has 1 nitrogen and oxygen atoms in total. The van der Waals surface area contributed by atoms with Crippen LogP contribution in [0.15, 0.2) is 42.5 Å². The molecule has 0 amide bonds. The maximum Gasteiger partial charge on any atom is 0.165 e. The summed E-state index contributed by atoms with van der Waals surface area (Å²) in [7, 11) is 1.48. The third-order valence-corrected chi connectivity index (χ3v) is 4.18. The van der Waals surface area contributed by atoms with E-state index in [2.05, 4.69) is 47.1 Å². The van der Waals surface area contributed by atoms with Crippen molar-refractivity contribution in [2.24, 2.45) is 0 Å². The summed E-state index contributed by atoms with van der Waals surface area (Å²) >= 11 is 3.56. The Kier molecular flexibility index (Phi) is 5.18. The molecule has 3 heteroatoms. The molecule has 0 heterocycles. The molecular formula is C17H18BrFO. The standard InChI is InChI=1S/C17H18BrFO/c1-12-4-3-5-14(8-12)15(11-18)9-13-6-7-17(20-2)16(19)10-13/h3-8,10,15H,9,11H2,1-2H3. The molecule has 1 unspecified atom stereocenters. The normalized spacial score (nSPS) is 12.2. The summed E-state index contributed by atoms with van der Waals surface area (Å²) in [6.07, 6.45) is 0.801. The van der Waals surface area contributed by atoms with Gasteiger partial charge >= 0.3 is 0 Å². The molecule has 0 radical (unpaired) electrons.